The first-order valence-electron chi connectivity index (χ1n) is 6.69. The van der Waals surface area contributed by atoms with Crippen LogP contribution in [-0.2, 0) is 10.1 Å². The average molecular weight is 350 g/mol. The van der Waals surface area contributed by atoms with Gasteiger partial charge in [0.2, 0.25) is 0 Å². The molecule has 0 fully saturated rings. The van der Waals surface area contributed by atoms with Gasteiger partial charge in [0.15, 0.2) is 5.78 Å². The van der Waals surface area contributed by atoms with E-state index in [-0.39, 0.29) is 45.9 Å². The van der Waals surface area contributed by atoms with Crippen molar-refractivity contribution in [2.75, 3.05) is 0 Å². The van der Waals surface area contributed by atoms with E-state index in [1.54, 1.807) is 42.5 Å². The maximum absolute atomic E-state index is 12.6. The molecule has 0 unspecified atom stereocenters. The molecule has 0 aromatic heterocycles. The fraction of sp³-hybridized carbons (Fsp3) is 0. The molecule has 0 saturated carbocycles. The quantitative estimate of drug-likeness (QED) is 0.387. The van der Waals surface area contributed by atoms with E-state index in [0.717, 1.165) is 6.07 Å². The number of hydrogen-bond donors (Lipinski definition) is 1. The first-order valence-corrected chi connectivity index (χ1v) is 8.13. The number of carbonyl (C=O) groups excluding carboxylic acids is 1. The van der Waals surface area contributed by atoms with Crippen molar-refractivity contribution in [1.29, 1.82) is 0 Å². The van der Waals surface area contributed by atoms with Crippen molar-refractivity contribution in [3.05, 3.63) is 71.8 Å². The summed E-state index contributed by atoms with van der Waals surface area (Å²) in [6.07, 6.45) is 0. The summed E-state index contributed by atoms with van der Waals surface area (Å²) in [6.45, 7) is 0. The van der Waals surface area contributed by atoms with Crippen LogP contribution in [0.3, 0.4) is 0 Å². The molecule has 116 valence electrons. The molecule has 1 N–H and O–H groups in total. The number of carbonyl (C=O) groups is 1. The Labute approximate surface area is 161 Å². The molecule has 24 heavy (non-hydrogen) atoms. The van der Waals surface area contributed by atoms with E-state index in [2.05, 4.69) is 0 Å². The van der Waals surface area contributed by atoms with Crippen molar-refractivity contribution in [3.63, 3.8) is 0 Å². The standard InChI is InChI=1S/C17H12O5S.Na/c18-14-10-15(23(20,21)22)12-8-4-5-9-13(12)16(14)17(19)11-6-2-1-3-7-11;/h1-10,18H,(H,20,21,22);/q;+1/p-1. The molecule has 3 aromatic rings. The molecule has 0 atom stereocenters. The minimum Gasteiger partial charge on any atom is -0.872 e. The molecule has 0 aliphatic rings. The predicted molar refractivity (Wildman–Crippen MR) is 83.1 cm³/mol. The summed E-state index contributed by atoms with van der Waals surface area (Å²) in [5.41, 5.74) is 0.216. The molecule has 0 heterocycles. The fourth-order valence-electron chi connectivity index (χ4n) is 2.50. The SMILES string of the molecule is O=C(c1ccccc1)c1c([O-])cc(S(=O)(=O)O)c2ccccc12.[Na+]. The molecule has 0 aliphatic carbocycles. The maximum Gasteiger partial charge on any atom is 1.00 e. The van der Waals surface area contributed by atoms with Crippen molar-refractivity contribution in [2.45, 2.75) is 4.90 Å². The summed E-state index contributed by atoms with van der Waals surface area (Å²) in [5.74, 6) is -1.24. The van der Waals surface area contributed by atoms with Crippen molar-refractivity contribution < 1.29 is 52.4 Å². The van der Waals surface area contributed by atoms with Crippen LogP contribution in [0.2, 0.25) is 0 Å². The first-order chi connectivity index (χ1) is 10.9. The molecule has 0 radical (unpaired) electrons. The van der Waals surface area contributed by atoms with Crippen LogP contribution in [-0.4, -0.2) is 18.8 Å². The second kappa shape index (κ2) is 7.04. The van der Waals surface area contributed by atoms with Crippen LogP contribution in [0.1, 0.15) is 15.9 Å². The van der Waals surface area contributed by atoms with E-state index in [1.165, 1.54) is 12.1 Å². The summed E-state index contributed by atoms with van der Waals surface area (Å²) in [6, 6.07) is 15.1. The van der Waals surface area contributed by atoms with Gasteiger partial charge in [-0.15, -0.1) is 0 Å². The van der Waals surface area contributed by atoms with E-state index in [1.807, 2.05) is 0 Å². The minimum absolute atomic E-state index is 0. The predicted octanol–water partition coefficient (Wildman–Crippen LogP) is -0.605. The normalized spacial score (nSPS) is 11.0. The molecule has 0 amide bonds. The summed E-state index contributed by atoms with van der Waals surface area (Å²) in [7, 11) is -4.57. The zero-order valence-electron chi connectivity index (χ0n) is 12.8. The Morgan fingerprint density at radius 2 is 1.46 bits per heavy atom. The van der Waals surface area contributed by atoms with Gasteiger partial charge in [0.05, 0.1) is 0 Å². The topological polar surface area (TPSA) is 94.5 Å². The molecule has 3 aromatic carbocycles. The molecule has 7 heteroatoms. The second-order valence-corrected chi connectivity index (χ2v) is 6.35. The zero-order chi connectivity index (χ0) is 16.6. The number of ketones is 1. The number of fused-ring (bicyclic) bond motifs is 1. The van der Waals surface area contributed by atoms with Gasteiger partial charge in [-0.05, 0) is 11.5 Å². The largest absolute Gasteiger partial charge is 1.00 e. The Morgan fingerprint density at radius 3 is 2.04 bits per heavy atom. The van der Waals surface area contributed by atoms with Crippen molar-refractivity contribution in [2.24, 2.45) is 0 Å². The third-order valence-electron chi connectivity index (χ3n) is 3.51. The second-order valence-electron chi connectivity index (χ2n) is 4.96. The maximum atomic E-state index is 12.6. The molecular weight excluding hydrogens is 339 g/mol. The molecule has 5 nitrogen and oxygen atoms in total. The third kappa shape index (κ3) is 3.38. The van der Waals surface area contributed by atoms with Crippen molar-refractivity contribution >= 4 is 26.7 Å². The summed E-state index contributed by atoms with van der Waals surface area (Å²) in [4.78, 5) is 12.1. The summed E-state index contributed by atoms with van der Waals surface area (Å²) >= 11 is 0. The van der Waals surface area contributed by atoms with Crippen LogP contribution in [0.15, 0.2) is 65.6 Å². The average Bonchev–Trinajstić information content (AvgIpc) is 2.53. The Kier molecular flexibility index (Phi) is 5.47. The van der Waals surface area contributed by atoms with Crippen LogP contribution >= 0.6 is 0 Å². The molecule has 3 rings (SSSR count). The number of benzene rings is 3. The van der Waals surface area contributed by atoms with E-state index in [4.69, 9.17) is 0 Å². The van der Waals surface area contributed by atoms with E-state index >= 15 is 0 Å². The Bertz CT molecular complexity index is 1010. The molecule has 0 spiro atoms. The van der Waals surface area contributed by atoms with Gasteiger partial charge in [-0.1, -0.05) is 60.3 Å². The smallest absolute Gasteiger partial charge is 0.872 e. The first kappa shape index (κ1) is 18.6. The Morgan fingerprint density at radius 1 is 0.917 bits per heavy atom. The molecule has 0 saturated heterocycles. The van der Waals surface area contributed by atoms with Gasteiger partial charge in [0, 0.05) is 16.5 Å². The third-order valence-corrected chi connectivity index (χ3v) is 4.40. The minimum atomic E-state index is -4.57. The van der Waals surface area contributed by atoms with Crippen LogP contribution in [0.4, 0.5) is 0 Å². The van der Waals surface area contributed by atoms with Gasteiger partial charge in [-0.3, -0.25) is 9.35 Å². The fourth-order valence-corrected chi connectivity index (χ4v) is 3.21. The van der Waals surface area contributed by atoms with Crippen LogP contribution < -0.4 is 34.7 Å². The van der Waals surface area contributed by atoms with Crippen LogP contribution in [0.25, 0.3) is 10.8 Å². The van der Waals surface area contributed by atoms with Gasteiger partial charge < -0.3 is 5.11 Å². The van der Waals surface area contributed by atoms with Gasteiger partial charge in [-0.25, -0.2) is 0 Å². The van der Waals surface area contributed by atoms with Gasteiger partial charge >= 0.3 is 29.6 Å². The van der Waals surface area contributed by atoms with Crippen molar-refractivity contribution in [1.82, 2.24) is 0 Å². The van der Waals surface area contributed by atoms with E-state index < -0.39 is 26.5 Å². The molecule has 0 bridgehead atoms. The zero-order valence-corrected chi connectivity index (χ0v) is 15.6. The number of rotatable bonds is 3. The van der Waals surface area contributed by atoms with E-state index in [9.17, 15) is 22.9 Å². The molecular formula is C17H11NaO5S. The van der Waals surface area contributed by atoms with Crippen LogP contribution in [0.5, 0.6) is 5.75 Å². The van der Waals surface area contributed by atoms with E-state index in [0.29, 0.717) is 5.56 Å². The van der Waals surface area contributed by atoms with Gasteiger partial charge in [0.1, 0.15) is 4.90 Å². The Hall–Kier alpha value is -1.70. The van der Waals surface area contributed by atoms with Crippen LogP contribution in [0, 0.1) is 0 Å². The summed E-state index contributed by atoms with van der Waals surface area (Å²) < 4.78 is 32.3. The molecule has 0 aliphatic heterocycles. The van der Waals surface area contributed by atoms with Gasteiger partial charge in [-0.2, -0.15) is 8.42 Å². The monoisotopic (exact) mass is 350 g/mol. The number of hydrogen-bond acceptors (Lipinski definition) is 4. The van der Waals surface area contributed by atoms with Gasteiger partial charge in [0.25, 0.3) is 10.1 Å². The van der Waals surface area contributed by atoms with Crippen molar-refractivity contribution in [3.8, 4) is 5.75 Å². The Balaban J connectivity index is 0.00000208. The summed E-state index contributed by atoms with van der Waals surface area (Å²) in [5, 5.41) is 12.6.